The quantitative estimate of drug-likeness (QED) is 0.781. The summed E-state index contributed by atoms with van der Waals surface area (Å²) in [6, 6.07) is 14.7. The van der Waals surface area contributed by atoms with Crippen LogP contribution in [0, 0.1) is 13.8 Å². The van der Waals surface area contributed by atoms with Gasteiger partial charge in [0.15, 0.2) is 12.7 Å². The van der Waals surface area contributed by atoms with E-state index in [0.29, 0.717) is 17.9 Å². The van der Waals surface area contributed by atoms with Crippen LogP contribution in [0.5, 0.6) is 5.75 Å². The van der Waals surface area contributed by atoms with Crippen LogP contribution in [0.2, 0.25) is 0 Å². The van der Waals surface area contributed by atoms with Gasteiger partial charge in [-0.05, 0) is 49.6 Å². The van der Waals surface area contributed by atoms with Gasteiger partial charge in [-0.2, -0.15) is 0 Å². The highest BCUT2D eigenvalue weighted by Crippen LogP contribution is 2.18. The molecule has 0 radical (unpaired) electrons. The van der Waals surface area contributed by atoms with E-state index in [1.807, 2.05) is 57.2 Å². The Morgan fingerprint density at radius 2 is 1.76 bits per heavy atom. The van der Waals surface area contributed by atoms with E-state index in [2.05, 4.69) is 5.32 Å². The van der Waals surface area contributed by atoms with Crippen molar-refractivity contribution in [3.63, 3.8) is 0 Å². The van der Waals surface area contributed by atoms with Gasteiger partial charge in [0.2, 0.25) is 0 Å². The lowest BCUT2D eigenvalue weighted by Gasteiger charge is -2.16. The van der Waals surface area contributed by atoms with Gasteiger partial charge in [-0.1, -0.05) is 37.3 Å². The molecule has 0 unspecified atom stereocenters. The normalized spacial score (nSPS) is 11.5. The molecule has 0 spiro atoms. The molecule has 1 atom stereocenters. The summed E-state index contributed by atoms with van der Waals surface area (Å²) in [4.78, 5) is 24.1. The van der Waals surface area contributed by atoms with Crippen LogP contribution in [0.15, 0.2) is 48.5 Å². The monoisotopic (exact) mass is 341 g/mol. The Labute approximate surface area is 148 Å². The molecule has 0 fully saturated rings. The summed E-state index contributed by atoms with van der Waals surface area (Å²) in [5.74, 6) is -0.342. The first-order valence-corrected chi connectivity index (χ1v) is 8.25. The third kappa shape index (κ3) is 5.35. The lowest BCUT2D eigenvalue weighted by Crippen LogP contribution is -2.31. The third-order valence-electron chi connectivity index (χ3n) is 3.88. The van der Waals surface area contributed by atoms with Crippen molar-refractivity contribution >= 4 is 17.6 Å². The number of ether oxygens (including phenoxy) is 2. The summed E-state index contributed by atoms with van der Waals surface area (Å²) in [5, 5.41) is 2.76. The van der Waals surface area contributed by atoms with Crippen LogP contribution in [0.4, 0.5) is 5.69 Å². The standard InChI is InChI=1S/C20H23NO4/c1-4-18(25-16-10-6-5-7-11-16)20(23)24-13-19(22)21-17-12-8-9-14(2)15(17)3/h5-12,18H,4,13H2,1-3H3,(H,21,22)/t18-/m1/s1. The second-order valence-corrected chi connectivity index (χ2v) is 5.73. The number of anilines is 1. The van der Waals surface area contributed by atoms with E-state index >= 15 is 0 Å². The number of aryl methyl sites for hydroxylation is 1. The molecule has 2 aromatic rings. The first kappa shape index (κ1) is 18.5. The average Bonchev–Trinajstić information content (AvgIpc) is 2.62. The minimum absolute atomic E-state index is 0.346. The van der Waals surface area contributed by atoms with Crippen molar-refractivity contribution in [2.75, 3.05) is 11.9 Å². The molecule has 2 aromatic carbocycles. The minimum Gasteiger partial charge on any atom is -0.479 e. The van der Waals surface area contributed by atoms with Crippen molar-refractivity contribution in [2.45, 2.75) is 33.3 Å². The zero-order chi connectivity index (χ0) is 18.2. The highest BCUT2D eigenvalue weighted by molar-refractivity contribution is 5.93. The first-order chi connectivity index (χ1) is 12.0. The van der Waals surface area contributed by atoms with E-state index in [1.54, 1.807) is 12.1 Å². The summed E-state index contributed by atoms with van der Waals surface area (Å²) in [6.45, 7) is 5.38. The molecule has 0 aliphatic heterocycles. The topological polar surface area (TPSA) is 64.6 Å². The molecule has 0 aromatic heterocycles. The van der Waals surface area contributed by atoms with Gasteiger partial charge >= 0.3 is 5.97 Å². The molecule has 0 heterocycles. The molecular formula is C20H23NO4. The molecule has 132 valence electrons. The van der Waals surface area contributed by atoms with Crippen molar-refractivity contribution in [2.24, 2.45) is 0 Å². The molecule has 5 heteroatoms. The number of carbonyl (C=O) groups excluding carboxylic acids is 2. The maximum Gasteiger partial charge on any atom is 0.347 e. The number of esters is 1. The summed E-state index contributed by atoms with van der Waals surface area (Å²) >= 11 is 0. The van der Waals surface area contributed by atoms with Crippen LogP contribution in [0.1, 0.15) is 24.5 Å². The van der Waals surface area contributed by atoms with Gasteiger partial charge in [-0.3, -0.25) is 4.79 Å². The summed E-state index contributed by atoms with van der Waals surface area (Å²) in [6.07, 6.45) is -0.289. The van der Waals surface area contributed by atoms with Gasteiger partial charge in [0.1, 0.15) is 5.75 Å². The fourth-order valence-corrected chi connectivity index (χ4v) is 2.26. The first-order valence-electron chi connectivity index (χ1n) is 8.25. The Morgan fingerprint density at radius 1 is 1.04 bits per heavy atom. The van der Waals surface area contributed by atoms with Crippen molar-refractivity contribution in [3.8, 4) is 5.75 Å². The zero-order valence-corrected chi connectivity index (χ0v) is 14.7. The predicted octanol–water partition coefficient (Wildman–Crippen LogP) is 3.64. The maximum absolute atomic E-state index is 12.1. The molecule has 25 heavy (non-hydrogen) atoms. The molecule has 0 aliphatic carbocycles. The molecule has 5 nitrogen and oxygen atoms in total. The Balaban J connectivity index is 1.87. The molecule has 1 N–H and O–H groups in total. The smallest absolute Gasteiger partial charge is 0.347 e. The minimum atomic E-state index is -0.740. The Bertz CT molecular complexity index is 728. The molecule has 0 aliphatic rings. The second kappa shape index (κ2) is 8.87. The van der Waals surface area contributed by atoms with Crippen LogP contribution in [-0.2, 0) is 14.3 Å². The lowest BCUT2D eigenvalue weighted by molar-refractivity contribution is -0.154. The van der Waals surface area contributed by atoms with Crippen LogP contribution < -0.4 is 10.1 Å². The number of carbonyl (C=O) groups is 2. The van der Waals surface area contributed by atoms with Crippen molar-refractivity contribution in [1.29, 1.82) is 0 Å². The van der Waals surface area contributed by atoms with E-state index < -0.39 is 12.1 Å². The molecule has 0 bridgehead atoms. The van der Waals surface area contributed by atoms with Gasteiger partial charge in [-0.25, -0.2) is 4.79 Å². The SMILES string of the molecule is CC[C@@H](Oc1ccccc1)C(=O)OCC(=O)Nc1cccc(C)c1C. The van der Waals surface area contributed by atoms with Crippen LogP contribution >= 0.6 is 0 Å². The summed E-state index contributed by atoms with van der Waals surface area (Å²) in [7, 11) is 0. The largest absolute Gasteiger partial charge is 0.479 e. The highest BCUT2D eigenvalue weighted by Gasteiger charge is 2.21. The highest BCUT2D eigenvalue weighted by atomic mass is 16.6. The Morgan fingerprint density at radius 3 is 2.44 bits per heavy atom. The Kier molecular flexibility index (Phi) is 6.57. The van der Waals surface area contributed by atoms with E-state index in [-0.39, 0.29) is 12.5 Å². The van der Waals surface area contributed by atoms with Gasteiger partial charge in [0, 0.05) is 5.69 Å². The molecule has 0 saturated heterocycles. The van der Waals surface area contributed by atoms with Gasteiger partial charge in [0.25, 0.3) is 5.91 Å². The van der Waals surface area contributed by atoms with E-state index in [9.17, 15) is 9.59 Å². The van der Waals surface area contributed by atoms with Crippen LogP contribution in [-0.4, -0.2) is 24.6 Å². The second-order valence-electron chi connectivity index (χ2n) is 5.73. The summed E-state index contributed by atoms with van der Waals surface area (Å²) in [5.41, 5.74) is 2.78. The molecular weight excluding hydrogens is 318 g/mol. The van der Waals surface area contributed by atoms with Crippen molar-refractivity contribution < 1.29 is 19.1 Å². The number of benzene rings is 2. The third-order valence-corrected chi connectivity index (χ3v) is 3.88. The number of rotatable bonds is 7. The lowest BCUT2D eigenvalue weighted by atomic mass is 10.1. The fraction of sp³-hybridized carbons (Fsp3) is 0.300. The maximum atomic E-state index is 12.1. The van der Waals surface area contributed by atoms with Crippen LogP contribution in [0.25, 0.3) is 0 Å². The average molecular weight is 341 g/mol. The molecule has 1 amide bonds. The fourth-order valence-electron chi connectivity index (χ4n) is 2.26. The number of hydrogen-bond donors (Lipinski definition) is 1. The van der Waals surface area contributed by atoms with Gasteiger partial charge in [-0.15, -0.1) is 0 Å². The van der Waals surface area contributed by atoms with Crippen LogP contribution in [0.3, 0.4) is 0 Å². The van der Waals surface area contributed by atoms with Crippen molar-refractivity contribution in [1.82, 2.24) is 0 Å². The Hall–Kier alpha value is -2.82. The van der Waals surface area contributed by atoms with Gasteiger partial charge in [0.05, 0.1) is 0 Å². The number of nitrogens with one attached hydrogen (secondary N) is 1. The summed E-state index contributed by atoms with van der Waals surface area (Å²) < 4.78 is 10.7. The predicted molar refractivity (Wildman–Crippen MR) is 96.7 cm³/mol. The van der Waals surface area contributed by atoms with E-state index in [0.717, 1.165) is 11.1 Å². The van der Waals surface area contributed by atoms with Crippen molar-refractivity contribution in [3.05, 3.63) is 59.7 Å². The van der Waals surface area contributed by atoms with E-state index in [1.165, 1.54) is 0 Å². The molecule has 0 saturated carbocycles. The number of amides is 1. The number of para-hydroxylation sites is 1. The zero-order valence-electron chi connectivity index (χ0n) is 14.7. The molecule has 2 rings (SSSR count). The number of hydrogen-bond acceptors (Lipinski definition) is 4. The van der Waals surface area contributed by atoms with E-state index in [4.69, 9.17) is 9.47 Å². The van der Waals surface area contributed by atoms with Gasteiger partial charge < -0.3 is 14.8 Å².